The predicted octanol–water partition coefficient (Wildman–Crippen LogP) is 2.61. The summed E-state index contributed by atoms with van der Waals surface area (Å²) in [5.41, 5.74) is 2.32. The first-order valence-electron chi connectivity index (χ1n) is 7.25. The Bertz CT molecular complexity index is 648. The average molecular weight is 284 g/mol. The van der Waals surface area contributed by atoms with Gasteiger partial charge in [-0.05, 0) is 44.2 Å². The van der Waals surface area contributed by atoms with E-state index in [0.717, 1.165) is 30.2 Å². The number of hydrogen-bond acceptors (Lipinski definition) is 3. The van der Waals surface area contributed by atoms with Crippen LogP contribution in [-0.4, -0.2) is 30.9 Å². The number of carbonyl (C=O) groups is 1. The van der Waals surface area contributed by atoms with Gasteiger partial charge in [0.2, 0.25) is 5.91 Å². The number of para-hydroxylation sites is 1. The first kappa shape index (κ1) is 13.9. The van der Waals surface area contributed by atoms with E-state index in [4.69, 9.17) is 4.42 Å². The maximum absolute atomic E-state index is 12.5. The third-order valence-corrected chi connectivity index (χ3v) is 3.82. The molecule has 1 aromatic carbocycles. The minimum atomic E-state index is 0.144. The third-order valence-electron chi connectivity index (χ3n) is 3.82. The van der Waals surface area contributed by atoms with Crippen molar-refractivity contribution in [1.82, 2.24) is 4.90 Å². The largest absolute Gasteiger partial charge is 0.465 e. The number of nitrogens with zero attached hydrogens (tertiary/aromatic N) is 2. The molecular weight excluding hydrogens is 264 g/mol. The molecule has 0 atom stereocenters. The van der Waals surface area contributed by atoms with E-state index in [1.54, 1.807) is 0 Å². The number of carbonyl (C=O) groups excluding carboxylic acids is 1. The summed E-state index contributed by atoms with van der Waals surface area (Å²) < 4.78 is 5.55. The summed E-state index contributed by atoms with van der Waals surface area (Å²) >= 11 is 0. The van der Waals surface area contributed by atoms with Crippen LogP contribution in [0.5, 0.6) is 0 Å². The fourth-order valence-corrected chi connectivity index (χ4v) is 2.81. The highest BCUT2D eigenvalue weighted by molar-refractivity contribution is 5.96. The number of amides is 1. The molecule has 1 amide bonds. The highest BCUT2D eigenvalue weighted by Crippen LogP contribution is 2.27. The maximum Gasteiger partial charge on any atom is 0.241 e. The molecule has 0 saturated carbocycles. The fourth-order valence-electron chi connectivity index (χ4n) is 2.81. The topological polar surface area (TPSA) is 36.7 Å². The van der Waals surface area contributed by atoms with E-state index in [-0.39, 0.29) is 5.91 Å². The fraction of sp³-hybridized carbons (Fsp3) is 0.353. The number of likely N-dealkylation sites (N-methyl/N-ethyl adjacent to an activating group) is 1. The molecule has 21 heavy (non-hydrogen) atoms. The molecule has 0 bridgehead atoms. The molecule has 0 aliphatic carbocycles. The number of benzene rings is 1. The summed E-state index contributed by atoms with van der Waals surface area (Å²) in [4.78, 5) is 16.3. The van der Waals surface area contributed by atoms with Gasteiger partial charge in [-0.1, -0.05) is 18.2 Å². The molecule has 4 heteroatoms. The summed E-state index contributed by atoms with van der Waals surface area (Å²) in [5.74, 6) is 1.94. The Hall–Kier alpha value is -2.07. The zero-order valence-electron chi connectivity index (χ0n) is 12.5. The van der Waals surface area contributed by atoms with Crippen LogP contribution in [0.1, 0.15) is 17.1 Å². The lowest BCUT2D eigenvalue weighted by Crippen LogP contribution is -2.37. The van der Waals surface area contributed by atoms with Crippen LogP contribution in [0.3, 0.4) is 0 Å². The lowest BCUT2D eigenvalue weighted by atomic mass is 10.2. The Morgan fingerprint density at radius 3 is 2.86 bits per heavy atom. The summed E-state index contributed by atoms with van der Waals surface area (Å²) in [6.07, 6.45) is 0.947. The van der Waals surface area contributed by atoms with E-state index in [2.05, 4.69) is 6.07 Å². The van der Waals surface area contributed by atoms with Crippen molar-refractivity contribution in [3.8, 4) is 0 Å². The molecule has 1 aliphatic heterocycles. The van der Waals surface area contributed by atoms with Crippen LogP contribution >= 0.6 is 0 Å². The van der Waals surface area contributed by atoms with Crippen LogP contribution in [0, 0.1) is 6.92 Å². The molecule has 2 heterocycles. The van der Waals surface area contributed by atoms with Crippen LogP contribution < -0.4 is 4.90 Å². The van der Waals surface area contributed by atoms with Gasteiger partial charge >= 0.3 is 0 Å². The highest BCUT2D eigenvalue weighted by Gasteiger charge is 2.24. The molecule has 3 rings (SSSR count). The van der Waals surface area contributed by atoms with Crippen molar-refractivity contribution in [1.29, 1.82) is 0 Å². The summed E-state index contributed by atoms with van der Waals surface area (Å²) in [7, 11) is 1.94. The van der Waals surface area contributed by atoms with Gasteiger partial charge in [-0.25, -0.2) is 0 Å². The number of aryl methyl sites for hydroxylation is 1. The van der Waals surface area contributed by atoms with Crippen LogP contribution in [0.2, 0.25) is 0 Å². The Balaban J connectivity index is 1.62. The van der Waals surface area contributed by atoms with Gasteiger partial charge in [0, 0.05) is 12.2 Å². The van der Waals surface area contributed by atoms with Crippen molar-refractivity contribution in [2.45, 2.75) is 19.9 Å². The highest BCUT2D eigenvalue weighted by atomic mass is 16.3. The number of fused-ring (bicyclic) bond motifs is 1. The van der Waals surface area contributed by atoms with Crippen molar-refractivity contribution in [2.75, 3.05) is 25.0 Å². The molecule has 0 unspecified atom stereocenters. The average Bonchev–Trinajstić information content (AvgIpc) is 3.04. The van der Waals surface area contributed by atoms with Gasteiger partial charge in [-0.3, -0.25) is 9.69 Å². The maximum atomic E-state index is 12.5. The number of furan rings is 1. The summed E-state index contributed by atoms with van der Waals surface area (Å²) in [5, 5.41) is 0. The van der Waals surface area contributed by atoms with Gasteiger partial charge in [0.05, 0.1) is 13.1 Å². The second-order valence-electron chi connectivity index (χ2n) is 5.61. The first-order chi connectivity index (χ1) is 10.1. The van der Waals surface area contributed by atoms with Crippen LogP contribution in [-0.2, 0) is 17.8 Å². The van der Waals surface area contributed by atoms with Gasteiger partial charge in [-0.2, -0.15) is 0 Å². The van der Waals surface area contributed by atoms with E-state index in [1.807, 2.05) is 54.1 Å². The van der Waals surface area contributed by atoms with Crippen LogP contribution in [0.4, 0.5) is 5.69 Å². The molecule has 1 aliphatic rings. The number of rotatable bonds is 4. The summed E-state index contributed by atoms with van der Waals surface area (Å²) in [6, 6.07) is 12.0. The zero-order valence-corrected chi connectivity index (χ0v) is 12.5. The third kappa shape index (κ3) is 3.00. The second-order valence-corrected chi connectivity index (χ2v) is 5.61. The van der Waals surface area contributed by atoms with Crippen LogP contribution in [0.25, 0.3) is 0 Å². The van der Waals surface area contributed by atoms with E-state index in [0.29, 0.717) is 13.1 Å². The van der Waals surface area contributed by atoms with Crippen molar-refractivity contribution in [2.24, 2.45) is 0 Å². The second kappa shape index (κ2) is 5.74. The first-order valence-corrected chi connectivity index (χ1v) is 7.25. The number of hydrogen-bond donors (Lipinski definition) is 0. The predicted molar refractivity (Wildman–Crippen MR) is 82.3 cm³/mol. The molecule has 0 saturated heterocycles. The Morgan fingerprint density at radius 1 is 1.29 bits per heavy atom. The van der Waals surface area contributed by atoms with Crippen LogP contribution in [0.15, 0.2) is 40.8 Å². The van der Waals surface area contributed by atoms with Crippen molar-refractivity contribution < 1.29 is 9.21 Å². The van der Waals surface area contributed by atoms with E-state index >= 15 is 0 Å². The van der Waals surface area contributed by atoms with Gasteiger partial charge in [-0.15, -0.1) is 0 Å². The Morgan fingerprint density at radius 2 is 2.10 bits per heavy atom. The van der Waals surface area contributed by atoms with Gasteiger partial charge in [0.1, 0.15) is 11.5 Å². The normalized spacial score (nSPS) is 13.8. The standard InChI is InChI=1S/C17H20N2O2/c1-13-7-8-15(21-13)11-18(2)12-17(20)19-10-9-14-5-3-4-6-16(14)19/h3-8H,9-12H2,1-2H3. The zero-order chi connectivity index (χ0) is 14.8. The van der Waals surface area contributed by atoms with Gasteiger partial charge in [0.15, 0.2) is 0 Å². The molecule has 110 valence electrons. The Labute approximate surface area is 125 Å². The van der Waals surface area contributed by atoms with Gasteiger partial charge < -0.3 is 9.32 Å². The van der Waals surface area contributed by atoms with E-state index < -0.39 is 0 Å². The molecule has 0 fully saturated rings. The monoisotopic (exact) mass is 284 g/mol. The van der Waals surface area contributed by atoms with Gasteiger partial charge in [0.25, 0.3) is 0 Å². The van der Waals surface area contributed by atoms with Crippen molar-refractivity contribution in [3.63, 3.8) is 0 Å². The van der Waals surface area contributed by atoms with Crippen molar-refractivity contribution >= 4 is 11.6 Å². The van der Waals surface area contributed by atoms with E-state index in [9.17, 15) is 4.79 Å². The lowest BCUT2D eigenvalue weighted by molar-refractivity contribution is -0.119. The van der Waals surface area contributed by atoms with E-state index in [1.165, 1.54) is 5.56 Å². The molecular formula is C17H20N2O2. The molecule has 1 aromatic heterocycles. The SMILES string of the molecule is Cc1ccc(CN(C)CC(=O)N2CCc3ccccc32)o1. The molecule has 0 spiro atoms. The smallest absolute Gasteiger partial charge is 0.241 e. The summed E-state index contributed by atoms with van der Waals surface area (Å²) in [6.45, 7) is 3.75. The van der Waals surface area contributed by atoms with Crippen molar-refractivity contribution in [3.05, 3.63) is 53.5 Å². The molecule has 2 aromatic rings. The number of anilines is 1. The molecule has 4 nitrogen and oxygen atoms in total. The Kier molecular flexibility index (Phi) is 3.80. The molecule has 0 radical (unpaired) electrons. The lowest BCUT2D eigenvalue weighted by Gasteiger charge is -2.21. The minimum absolute atomic E-state index is 0.144. The quantitative estimate of drug-likeness (QED) is 0.866. The molecule has 0 N–H and O–H groups in total. The minimum Gasteiger partial charge on any atom is -0.465 e.